The van der Waals surface area contributed by atoms with E-state index in [0.717, 1.165) is 0 Å². The van der Waals surface area contributed by atoms with Gasteiger partial charge in [-0.1, -0.05) is 0 Å². The summed E-state index contributed by atoms with van der Waals surface area (Å²) in [4.78, 5) is 4.01. The van der Waals surface area contributed by atoms with Crippen molar-refractivity contribution in [2.75, 3.05) is 0 Å². The summed E-state index contributed by atoms with van der Waals surface area (Å²) in [5, 5.41) is 9.66. The summed E-state index contributed by atoms with van der Waals surface area (Å²) in [5.41, 5.74) is 5.97. The molecule has 0 aromatic heterocycles. The zero-order chi connectivity index (χ0) is 9.99. The van der Waals surface area contributed by atoms with E-state index in [2.05, 4.69) is 10.4 Å². The fourth-order valence-electron chi connectivity index (χ4n) is 0.470. The van der Waals surface area contributed by atoms with Crippen LogP contribution in [-0.4, -0.2) is 22.2 Å². The zero-order valence-corrected chi connectivity index (χ0v) is 8.05. The van der Waals surface area contributed by atoms with Gasteiger partial charge < -0.3 is 10.8 Å². The summed E-state index contributed by atoms with van der Waals surface area (Å²) in [6, 6.07) is 0. The lowest BCUT2D eigenvalue weighted by atomic mass is 9.87. The van der Waals surface area contributed by atoms with Crippen molar-refractivity contribution in [2.45, 2.75) is 38.8 Å². The van der Waals surface area contributed by atoms with E-state index in [4.69, 9.17) is 11.6 Å². The van der Waals surface area contributed by atoms with Crippen molar-refractivity contribution in [3.8, 4) is 0 Å². The molecule has 0 heterocycles. The number of hydrogen-bond donors (Lipinski definition) is 4. The molecule has 72 valence electrons. The Kier molecular flexibility index (Phi) is 3.06. The van der Waals surface area contributed by atoms with E-state index >= 15 is 0 Å². The van der Waals surface area contributed by atoms with Crippen LogP contribution in [0, 0.1) is 0 Å². The third-order valence-corrected chi connectivity index (χ3v) is 2.05. The van der Waals surface area contributed by atoms with Gasteiger partial charge in [0.15, 0.2) is 0 Å². The first-order valence-corrected chi connectivity index (χ1v) is 3.75. The molecular weight excluding hydrogens is 156 g/mol. The van der Waals surface area contributed by atoms with Gasteiger partial charge in [-0.3, -0.25) is 5.43 Å². The van der Waals surface area contributed by atoms with E-state index in [1.807, 2.05) is 0 Å². The predicted molar refractivity (Wildman–Crippen MR) is 49.3 cm³/mol. The Hall–Kier alpha value is -0.810. The summed E-state index contributed by atoms with van der Waals surface area (Å²) in [6.07, 6.45) is 0. The quantitative estimate of drug-likeness (QED) is 0.193. The molecule has 0 saturated heterocycles. The van der Waals surface area contributed by atoms with Crippen LogP contribution < -0.4 is 17.0 Å². The van der Waals surface area contributed by atoms with Crippen LogP contribution in [-0.2, 0) is 0 Å². The number of guanidine groups is 1. The van der Waals surface area contributed by atoms with Gasteiger partial charge in [0.2, 0.25) is 5.96 Å². The van der Waals surface area contributed by atoms with E-state index in [1.165, 1.54) is 0 Å². The lowest BCUT2D eigenvalue weighted by Crippen LogP contribution is -2.47. The molecule has 5 nitrogen and oxygen atoms in total. The standard InChI is InChI=1S/C7H18N4O/c1-6(2,7(3,4)12)10-5(8)11-9/h12H,9H2,1-4H3,(H3,8,10,11). The number of aliphatic hydroxyl groups is 1. The second-order valence-electron chi connectivity index (χ2n) is 3.76. The molecule has 0 aliphatic heterocycles. The number of nitrogens with zero attached hydrogens (tertiary/aromatic N) is 1. The Morgan fingerprint density at radius 1 is 1.33 bits per heavy atom. The fourth-order valence-corrected chi connectivity index (χ4v) is 0.470. The molecule has 0 aromatic rings. The van der Waals surface area contributed by atoms with Gasteiger partial charge in [0.1, 0.15) is 0 Å². The molecule has 0 saturated carbocycles. The van der Waals surface area contributed by atoms with E-state index in [-0.39, 0.29) is 5.96 Å². The third kappa shape index (κ3) is 2.67. The predicted octanol–water partition coefficient (Wildman–Crippen LogP) is -0.686. The highest BCUT2D eigenvalue weighted by Gasteiger charge is 2.34. The molecule has 0 spiro atoms. The second kappa shape index (κ2) is 3.28. The van der Waals surface area contributed by atoms with Crippen molar-refractivity contribution in [2.24, 2.45) is 16.6 Å². The summed E-state index contributed by atoms with van der Waals surface area (Å²) in [6.45, 7) is 6.88. The minimum atomic E-state index is -0.936. The molecule has 0 bridgehead atoms. The molecule has 0 aromatic carbocycles. The van der Waals surface area contributed by atoms with E-state index in [0.29, 0.717) is 0 Å². The van der Waals surface area contributed by atoms with Crippen LogP contribution in [0.25, 0.3) is 0 Å². The minimum Gasteiger partial charge on any atom is -0.388 e. The number of nitrogens with one attached hydrogen (secondary N) is 1. The van der Waals surface area contributed by atoms with Gasteiger partial charge in [0.25, 0.3) is 0 Å². The van der Waals surface area contributed by atoms with Crippen molar-refractivity contribution in [1.82, 2.24) is 5.43 Å². The van der Waals surface area contributed by atoms with Crippen LogP contribution in [0.1, 0.15) is 27.7 Å². The Labute approximate surface area is 72.8 Å². The normalized spacial score (nSPS) is 14.7. The molecule has 0 aliphatic rings. The largest absolute Gasteiger partial charge is 0.388 e. The Bertz CT molecular complexity index is 180. The Morgan fingerprint density at radius 3 is 2.00 bits per heavy atom. The highest BCUT2D eigenvalue weighted by Crippen LogP contribution is 2.24. The monoisotopic (exact) mass is 174 g/mol. The molecule has 0 rings (SSSR count). The first-order valence-electron chi connectivity index (χ1n) is 3.75. The molecule has 0 aliphatic carbocycles. The average Bonchev–Trinajstić information content (AvgIpc) is 1.84. The molecular formula is C7H18N4O. The first kappa shape index (κ1) is 11.2. The molecule has 0 unspecified atom stereocenters. The summed E-state index contributed by atoms with van der Waals surface area (Å²) >= 11 is 0. The third-order valence-electron chi connectivity index (χ3n) is 2.05. The lowest BCUT2D eigenvalue weighted by molar-refractivity contribution is 0.0154. The van der Waals surface area contributed by atoms with E-state index in [9.17, 15) is 5.11 Å². The van der Waals surface area contributed by atoms with Crippen LogP contribution in [0.5, 0.6) is 0 Å². The maximum atomic E-state index is 9.66. The number of hydrogen-bond acceptors (Lipinski definition) is 3. The van der Waals surface area contributed by atoms with E-state index < -0.39 is 11.1 Å². The van der Waals surface area contributed by atoms with Gasteiger partial charge in [-0.25, -0.2) is 10.8 Å². The van der Waals surface area contributed by atoms with Gasteiger partial charge in [0, 0.05) is 0 Å². The molecule has 0 atom stereocenters. The van der Waals surface area contributed by atoms with Crippen molar-refractivity contribution in [1.29, 1.82) is 0 Å². The van der Waals surface area contributed by atoms with Crippen LogP contribution in [0.2, 0.25) is 0 Å². The van der Waals surface area contributed by atoms with Crippen molar-refractivity contribution in [3.63, 3.8) is 0 Å². The van der Waals surface area contributed by atoms with Crippen molar-refractivity contribution >= 4 is 5.96 Å². The van der Waals surface area contributed by atoms with Gasteiger partial charge in [-0.05, 0) is 27.7 Å². The molecule has 0 radical (unpaired) electrons. The molecule has 0 fully saturated rings. The highest BCUT2D eigenvalue weighted by molar-refractivity contribution is 5.77. The first-order chi connectivity index (χ1) is 5.20. The van der Waals surface area contributed by atoms with Crippen LogP contribution in [0.15, 0.2) is 4.99 Å². The smallest absolute Gasteiger partial charge is 0.203 e. The van der Waals surface area contributed by atoms with E-state index in [1.54, 1.807) is 27.7 Å². The van der Waals surface area contributed by atoms with Gasteiger partial charge >= 0.3 is 0 Å². The molecule has 12 heavy (non-hydrogen) atoms. The van der Waals surface area contributed by atoms with Crippen LogP contribution >= 0.6 is 0 Å². The zero-order valence-electron chi connectivity index (χ0n) is 8.05. The number of aliphatic imine (C=N–C) groups is 1. The Balaban J connectivity index is 4.64. The maximum Gasteiger partial charge on any atom is 0.203 e. The Morgan fingerprint density at radius 2 is 1.75 bits per heavy atom. The van der Waals surface area contributed by atoms with Gasteiger partial charge in [0.05, 0.1) is 11.1 Å². The maximum absolute atomic E-state index is 9.66. The summed E-state index contributed by atoms with van der Waals surface area (Å²) in [7, 11) is 0. The minimum absolute atomic E-state index is 0.113. The van der Waals surface area contributed by atoms with Crippen LogP contribution in [0.3, 0.4) is 0 Å². The molecule has 5 heteroatoms. The topological polar surface area (TPSA) is 96.7 Å². The van der Waals surface area contributed by atoms with Gasteiger partial charge in [-0.2, -0.15) is 0 Å². The summed E-state index contributed by atoms with van der Waals surface area (Å²) < 4.78 is 0. The molecule has 6 N–H and O–H groups in total. The summed E-state index contributed by atoms with van der Waals surface area (Å²) in [5.74, 6) is 5.15. The van der Waals surface area contributed by atoms with Crippen LogP contribution in [0.4, 0.5) is 0 Å². The SMILES string of the molecule is CC(C)(O)C(C)(C)N=C(N)NN. The van der Waals surface area contributed by atoms with Crippen molar-refractivity contribution < 1.29 is 5.11 Å². The fraction of sp³-hybridized carbons (Fsp3) is 0.857. The molecule has 0 amide bonds. The number of nitrogens with two attached hydrogens (primary N) is 2. The van der Waals surface area contributed by atoms with Crippen molar-refractivity contribution in [3.05, 3.63) is 0 Å². The number of rotatable bonds is 2. The lowest BCUT2D eigenvalue weighted by Gasteiger charge is -2.33. The highest BCUT2D eigenvalue weighted by atomic mass is 16.3. The van der Waals surface area contributed by atoms with Gasteiger partial charge in [-0.15, -0.1) is 0 Å². The number of hydrazine groups is 1. The second-order valence-corrected chi connectivity index (χ2v) is 3.76. The average molecular weight is 174 g/mol.